The molecular formula is C22H21N5OS. The Bertz CT molecular complexity index is 1050. The van der Waals surface area contributed by atoms with Crippen molar-refractivity contribution >= 4 is 24.0 Å². The largest absolute Gasteiger partial charge is 0.340 e. The zero-order chi connectivity index (χ0) is 19.6. The Morgan fingerprint density at radius 2 is 1.76 bits per heavy atom. The number of urea groups is 1. The Morgan fingerprint density at radius 3 is 2.55 bits per heavy atom. The van der Waals surface area contributed by atoms with Crippen LogP contribution >= 0.6 is 11.8 Å². The number of hydrogen-bond acceptors (Lipinski definition) is 4. The number of nitrogens with zero attached hydrogens (tertiary/aromatic N) is 5. The van der Waals surface area contributed by atoms with Gasteiger partial charge in [0.15, 0.2) is 5.16 Å². The number of aromatic nitrogens is 2. The highest BCUT2D eigenvalue weighted by Gasteiger charge is 2.28. The molecule has 2 aromatic carbocycles. The molecule has 0 radical (unpaired) electrons. The smallest absolute Gasteiger partial charge is 0.317 e. The lowest BCUT2D eigenvalue weighted by Crippen LogP contribution is -2.28. The topological polar surface area (TPSA) is 53.7 Å². The van der Waals surface area contributed by atoms with Gasteiger partial charge in [0.05, 0.1) is 24.1 Å². The summed E-state index contributed by atoms with van der Waals surface area (Å²) in [6.07, 6.45) is 1.80. The third-order valence-corrected chi connectivity index (χ3v) is 6.13. The molecule has 6 nitrogen and oxygen atoms in total. The van der Waals surface area contributed by atoms with Crippen molar-refractivity contribution in [3.05, 3.63) is 71.9 Å². The predicted octanol–water partition coefficient (Wildman–Crippen LogP) is 3.93. The van der Waals surface area contributed by atoms with Gasteiger partial charge in [0.1, 0.15) is 0 Å². The van der Waals surface area contributed by atoms with Gasteiger partial charge in [-0.3, -0.25) is 0 Å². The fraction of sp³-hybridized carbons (Fsp3) is 0.227. The zero-order valence-electron chi connectivity index (χ0n) is 15.9. The molecule has 0 spiro atoms. The van der Waals surface area contributed by atoms with Crippen molar-refractivity contribution in [2.45, 2.75) is 18.2 Å². The second-order valence-electron chi connectivity index (χ2n) is 7.05. The van der Waals surface area contributed by atoms with Gasteiger partial charge in [-0.1, -0.05) is 72.4 Å². The number of thioether (sulfide) groups is 1. The number of amides is 2. The summed E-state index contributed by atoms with van der Waals surface area (Å²) in [5, 5.41) is 7.12. The molecule has 29 heavy (non-hydrogen) atoms. The van der Waals surface area contributed by atoms with Crippen LogP contribution in [0.15, 0.2) is 70.9 Å². The lowest BCUT2D eigenvalue weighted by Gasteiger charge is -2.15. The molecule has 3 heterocycles. The summed E-state index contributed by atoms with van der Waals surface area (Å²) in [4.78, 5) is 19.4. The average molecular weight is 404 g/mol. The molecule has 2 aliphatic heterocycles. The highest BCUT2D eigenvalue weighted by molar-refractivity contribution is 7.99. The third kappa shape index (κ3) is 3.53. The maximum absolute atomic E-state index is 12.8. The van der Waals surface area contributed by atoms with E-state index < -0.39 is 0 Å². The first-order valence-electron chi connectivity index (χ1n) is 9.73. The minimum absolute atomic E-state index is 0.0538. The number of hydrogen-bond donors (Lipinski definition) is 0. The lowest BCUT2D eigenvalue weighted by molar-refractivity contribution is 0.192. The van der Waals surface area contributed by atoms with Crippen LogP contribution in [-0.2, 0) is 13.1 Å². The summed E-state index contributed by atoms with van der Waals surface area (Å²) in [6.45, 7) is 2.80. The standard InChI is InChI=1S/C22H21N5OS/c28-22-25(16-17-7-3-1-4-8-17)11-12-27(22)23-15-19-20(18-9-5-2-6-10-18)24-21-26(19)13-14-29-21/h1-10,15H,11-14,16H2/b23-15+. The van der Waals surface area contributed by atoms with Gasteiger partial charge in [-0.25, -0.2) is 14.8 Å². The van der Waals surface area contributed by atoms with E-state index in [1.54, 1.807) is 23.0 Å². The van der Waals surface area contributed by atoms with E-state index in [0.717, 1.165) is 40.0 Å². The van der Waals surface area contributed by atoms with Crippen molar-refractivity contribution in [2.75, 3.05) is 18.8 Å². The molecule has 0 saturated carbocycles. The number of hydrazone groups is 1. The summed E-state index contributed by atoms with van der Waals surface area (Å²) in [7, 11) is 0. The number of benzene rings is 2. The van der Waals surface area contributed by atoms with Gasteiger partial charge < -0.3 is 9.47 Å². The Morgan fingerprint density at radius 1 is 1.00 bits per heavy atom. The second-order valence-corrected chi connectivity index (χ2v) is 8.11. The Balaban J connectivity index is 1.37. The van der Waals surface area contributed by atoms with Gasteiger partial charge in [0.25, 0.3) is 0 Å². The molecule has 0 aliphatic carbocycles. The minimum Gasteiger partial charge on any atom is -0.317 e. The summed E-state index contributed by atoms with van der Waals surface area (Å²) in [5.41, 5.74) is 4.08. The maximum atomic E-state index is 12.8. The van der Waals surface area contributed by atoms with Gasteiger partial charge in [-0.2, -0.15) is 5.10 Å². The highest BCUT2D eigenvalue weighted by Crippen LogP contribution is 2.32. The van der Waals surface area contributed by atoms with Crippen LogP contribution in [0.4, 0.5) is 4.79 Å². The minimum atomic E-state index is -0.0538. The average Bonchev–Trinajstić information content (AvgIpc) is 3.44. The van der Waals surface area contributed by atoms with Crippen LogP contribution in [0.3, 0.4) is 0 Å². The first-order valence-corrected chi connectivity index (χ1v) is 10.7. The Hall–Kier alpha value is -3.06. The lowest BCUT2D eigenvalue weighted by atomic mass is 10.1. The summed E-state index contributed by atoms with van der Waals surface area (Å²) >= 11 is 1.76. The van der Waals surface area contributed by atoms with Crippen molar-refractivity contribution < 1.29 is 4.79 Å². The molecule has 5 rings (SSSR count). The van der Waals surface area contributed by atoms with Crippen LogP contribution in [0.2, 0.25) is 0 Å². The van der Waals surface area contributed by atoms with E-state index in [1.165, 1.54) is 0 Å². The van der Waals surface area contributed by atoms with Crippen molar-refractivity contribution in [1.82, 2.24) is 19.5 Å². The van der Waals surface area contributed by atoms with E-state index in [4.69, 9.17) is 4.98 Å². The van der Waals surface area contributed by atoms with Crippen molar-refractivity contribution in [3.63, 3.8) is 0 Å². The fourth-order valence-corrected chi connectivity index (χ4v) is 4.65. The van der Waals surface area contributed by atoms with Crippen LogP contribution in [0.1, 0.15) is 11.3 Å². The molecule has 7 heteroatoms. The first kappa shape index (κ1) is 18.0. The first-order chi connectivity index (χ1) is 14.3. The van der Waals surface area contributed by atoms with Gasteiger partial charge in [0, 0.05) is 31.0 Å². The van der Waals surface area contributed by atoms with E-state index in [1.807, 2.05) is 53.4 Å². The van der Waals surface area contributed by atoms with Crippen LogP contribution in [0, 0.1) is 0 Å². The molecule has 2 amide bonds. The number of carbonyl (C=O) groups is 1. The van der Waals surface area contributed by atoms with Crippen LogP contribution in [-0.4, -0.2) is 50.5 Å². The molecule has 0 atom stereocenters. The van der Waals surface area contributed by atoms with E-state index >= 15 is 0 Å². The number of imidazole rings is 1. The van der Waals surface area contributed by atoms with Gasteiger partial charge in [-0.15, -0.1) is 0 Å². The number of fused-ring (bicyclic) bond motifs is 1. The summed E-state index contributed by atoms with van der Waals surface area (Å²) in [5.74, 6) is 1.02. The third-order valence-electron chi connectivity index (χ3n) is 5.17. The van der Waals surface area contributed by atoms with Gasteiger partial charge in [-0.05, 0) is 5.56 Å². The number of rotatable bonds is 5. The molecule has 2 aliphatic rings. The van der Waals surface area contributed by atoms with E-state index in [-0.39, 0.29) is 6.03 Å². The zero-order valence-corrected chi connectivity index (χ0v) is 16.8. The van der Waals surface area contributed by atoms with Gasteiger partial charge >= 0.3 is 6.03 Å². The van der Waals surface area contributed by atoms with Crippen LogP contribution in [0.25, 0.3) is 11.3 Å². The molecule has 0 bridgehead atoms. The van der Waals surface area contributed by atoms with Crippen LogP contribution in [0.5, 0.6) is 0 Å². The van der Waals surface area contributed by atoms with E-state index in [2.05, 4.69) is 21.8 Å². The Labute approximate surface area is 173 Å². The van der Waals surface area contributed by atoms with Gasteiger partial charge in [0.2, 0.25) is 0 Å². The fourth-order valence-electron chi connectivity index (χ4n) is 3.69. The quantitative estimate of drug-likeness (QED) is 0.607. The van der Waals surface area contributed by atoms with Crippen molar-refractivity contribution in [2.24, 2.45) is 5.10 Å². The maximum Gasteiger partial charge on any atom is 0.340 e. The molecule has 1 fully saturated rings. The van der Waals surface area contributed by atoms with E-state index in [0.29, 0.717) is 19.6 Å². The molecule has 146 valence electrons. The molecule has 3 aromatic rings. The normalized spacial score (nSPS) is 16.2. The number of carbonyl (C=O) groups excluding carboxylic acids is 1. The summed E-state index contributed by atoms with van der Waals surface area (Å²) in [6, 6.07) is 20.1. The van der Waals surface area contributed by atoms with Crippen LogP contribution < -0.4 is 0 Å². The molecular weight excluding hydrogens is 382 g/mol. The van der Waals surface area contributed by atoms with E-state index in [9.17, 15) is 4.79 Å². The molecule has 0 N–H and O–H groups in total. The predicted molar refractivity (Wildman–Crippen MR) is 115 cm³/mol. The highest BCUT2D eigenvalue weighted by atomic mass is 32.2. The molecule has 1 aromatic heterocycles. The monoisotopic (exact) mass is 403 g/mol. The summed E-state index contributed by atoms with van der Waals surface area (Å²) < 4.78 is 2.19. The molecule has 0 unspecified atom stereocenters. The SMILES string of the molecule is O=C1N(Cc2ccccc2)CCN1/N=C/c1c(-c2ccccc2)nc2n1CCS2. The second kappa shape index (κ2) is 7.75. The Kier molecular flexibility index (Phi) is 4.81. The molecule has 1 saturated heterocycles. The van der Waals surface area contributed by atoms with Crippen molar-refractivity contribution in [1.29, 1.82) is 0 Å². The van der Waals surface area contributed by atoms with Crippen molar-refractivity contribution in [3.8, 4) is 11.3 Å².